The van der Waals surface area contributed by atoms with E-state index in [-0.39, 0.29) is 31.0 Å². The molecule has 2 bridgehead atoms. The van der Waals surface area contributed by atoms with Crippen molar-refractivity contribution in [1.29, 1.82) is 0 Å². The third-order valence-electron chi connectivity index (χ3n) is 7.21. The Balaban J connectivity index is 1.55. The third kappa shape index (κ3) is 3.06. The van der Waals surface area contributed by atoms with Crippen LogP contribution in [-0.2, 0) is 16.1 Å². The van der Waals surface area contributed by atoms with Crippen molar-refractivity contribution in [3.8, 4) is 0 Å². The Hall–Kier alpha value is -3.05. The summed E-state index contributed by atoms with van der Waals surface area (Å²) in [6.45, 7) is 0.262. The Bertz CT molecular complexity index is 1030. The number of aliphatic hydroxyl groups is 1. The Morgan fingerprint density at radius 1 is 1.22 bits per heavy atom. The molecule has 6 rings (SSSR count). The fourth-order valence-electron chi connectivity index (χ4n) is 5.95. The number of hydrogen-bond donors (Lipinski definition) is 2. The minimum atomic E-state index is -1.07. The molecule has 0 radical (unpaired) electrons. The molecule has 3 aliphatic heterocycles. The van der Waals surface area contributed by atoms with Crippen LogP contribution in [0.25, 0.3) is 0 Å². The second-order valence-electron chi connectivity index (χ2n) is 8.98. The molecule has 0 aromatic carbocycles. The summed E-state index contributed by atoms with van der Waals surface area (Å²) < 4.78 is 5.38. The van der Waals surface area contributed by atoms with E-state index in [0.29, 0.717) is 29.4 Å². The van der Waals surface area contributed by atoms with E-state index >= 15 is 0 Å². The van der Waals surface area contributed by atoms with E-state index in [9.17, 15) is 29.6 Å². The molecule has 170 valence electrons. The molecule has 11 heteroatoms. The van der Waals surface area contributed by atoms with Crippen molar-refractivity contribution >= 4 is 23.7 Å². The lowest BCUT2D eigenvalue weighted by molar-refractivity contribution is -0.402. The first kappa shape index (κ1) is 20.8. The van der Waals surface area contributed by atoms with Crippen molar-refractivity contribution in [2.75, 3.05) is 6.61 Å². The van der Waals surface area contributed by atoms with Crippen LogP contribution in [0.15, 0.2) is 28.2 Å². The van der Waals surface area contributed by atoms with Gasteiger partial charge in [-0.05, 0) is 37.7 Å². The van der Waals surface area contributed by atoms with Crippen molar-refractivity contribution < 1.29 is 28.8 Å². The largest absolute Gasteiger partial charge is 0.433 e. The molecule has 32 heavy (non-hydrogen) atoms. The molecule has 2 saturated heterocycles. The number of carbonyl (C=O) groups excluding carboxylic acids is 3. The van der Waals surface area contributed by atoms with Gasteiger partial charge in [-0.3, -0.25) is 24.6 Å². The van der Waals surface area contributed by atoms with Crippen LogP contribution in [0.5, 0.6) is 0 Å². The van der Waals surface area contributed by atoms with Crippen LogP contribution in [0.4, 0.5) is 10.7 Å². The van der Waals surface area contributed by atoms with Crippen LogP contribution < -0.4 is 5.73 Å². The summed E-state index contributed by atoms with van der Waals surface area (Å²) in [5.41, 5.74) is 6.38. The van der Waals surface area contributed by atoms with Crippen molar-refractivity contribution in [2.45, 2.75) is 44.3 Å². The second-order valence-corrected chi connectivity index (χ2v) is 8.98. The molecule has 3 N–H and O–H groups in total. The molecule has 1 aromatic rings. The smallest absolute Gasteiger partial charge is 0.404 e. The number of piperidine rings is 1. The fourth-order valence-corrected chi connectivity index (χ4v) is 5.95. The molecule has 0 spiro atoms. The monoisotopic (exact) mass is 444 g/mol. The van der Waals surface area contributed by atoms with Gasteiger partial charge in [0.25, 0.3) is 0 Å². The minimum absolute atomic E-state index is 0.0109. The molecular weight excluding hydrogens is 420 g/mol. The van der Waals surface area contributed by atoms with Gasteiger partial charge in [-0.25, -0.2) is 4.79 Å². The van der Waals surface area contributed by atoms with Crippen molar-refractivity contribution in [3.05, 3.63) is 39.7 Å². The molecule has 1 saturated carbocycles. The number of urea groups is 1. The number of furan rings is 1. The zero-order valence-corrected chi connectivity index (χ0v) is 17.3. The molecule has 11 nitrogen and oxygen atoms in total. The molecule has 3 fully saturated rings. The first-order valence-corrected chi connectivity index (χ1v) is 10.8. The maximum absolute atomic E-state index is 13.1. The van der Waals surface area contributed by atoms with Gasteiger partial charge in [0.1, 0.15) is 10.7 Å². The van der Waals surface area contributed by atoms with E-state index in [2.05, 4.69) is 4.90 Å². The standard InChI is InChI=1S/C21H24N4O7/c22-21(29)24-19(27)16-13-8-11(2-1-7-26)15(17(16)20(24)28)18(10-3-4-10)23(13)9-12-5-6-14(32-12)25(30)31/h5-6,8,10,13,15-18,26H,1-4,7,9H2,(H2,22,29). The second kappa shape index (κ2) is 7.52. The van der Waals surface area contributed by atoms with E-state index in [1.165, 1.54) is 6.07 Å². The first-order chi connectivity index (χ1) is 15.3. The Labute approximate surface area is 183 Å². The van der Waals surface area contributed by atoms with Gasteiger partial charge >= 0.3 is 11.9 Å². The van der Waals surface area contributed by atoms with E-state index in [1.54, 1.807) is 6.07 Å². The van der Waals surface area contributed by atoms with Gasteiger partial charge in [-0.2, -0.15) is 4.90 Å². The molecule has 4 heterocycles. The number of imide groups is 3. The lowest BCUT2D eigenvalue weighted by atomic mass is 9.61. The van der Waals surface area contributed by atoms with Gasteiger partial charge in [0.15, 0.2) is 0 Å². The van der Waals surface area contributed by atoms with E-state index in [4.69, 9.17) is 10.2 Å². The minimum Gasteiger partial charge on any atom is -0.404 e. The summed E-state index contributed by atoms with van der Waals surface area (Å²) in [5, 5.41) is 20.4. The van der Waals surface area contributed by atoms with Crippen LogP contribution in [0.3, 0.4) is 0 Å². The number of aliphatic hydroxyl groups excluding tert-OH is 1. The highest BCUT2D eigenvalue weighted by atomic mass is 16.6. The highest BCUT2D eigenvalue weighted by molar-refractivity contribution is 6.17. The first-order valence-electron chi connectivity index (χ1n) is 10.8. The summed E-state index contributed by atoms with van der Waals surface area (Å²) in [6, 6.07) is 1.26. The number of likely N-dealkylation sites (tertiary alicyclic amines) is 1. The van der Waals surface area contributed by atoms with Gasteiger partial charge in [-0.15, -0.1) is 0 Å². The Kier molecular flexibility index (Phi) is 4.90. The number of nitro groups is 1. The maximum Gasteiger partial charge on any atom is 0.433 e. The van der Waals surface area contributed by atoms with Crippen LogP contribution in [0.2, 0.25) is 0 Å². The number of carbonyl (C=O) groups is 3. The summed E-state index contributed by atoms with van der Waals surface area (Å²) in [4.78, 5) is 51.2. The molecule has 5 aliphatic rings. The Morgan fingerprint density at radius 2 is 1.94 bits per heavy atom. The SMILES string of the molecule is NC(=O)N1C(=O)C2C(C1=O)C1C=C(CCCO)C2C(C2CC2)N1Cc1ccc([N+](=O)[O-])o1. The van der Waals surface area contributed by atoms with Gasteiger partial charge in [0, 0.05) is 24.6 Å². The summed E-state index contributed by atoms with van der Waals surface area (Å²) in [5.74, 6) is -2.45. The molecule has 4 amide bonds. The third-order valence-corrected chi connectivity index (χ3v) is 7.21. The predicted molar refractivity (Wildman–Crippen MR) is 108 cm³/mol. The van der Waals surface area contributed by atoms with Crippen LogP contribution in [0.1, 0.15) is 31.4 Å². The topological polar surface area (TPSA) is 160 Å². The molecule has 2 aliphatic carbocycles. The van der Waals surface area contributed by atoms with Crippen molar-refractivity contribution in [1.82, 2.24) is 9.80 Å². The fraction of sp³-hybridized carbons (Fsp3) is 0.571. The lowest BCUT2D eigenvalue weighted by Crippen LogP contribution is -2.63. The molecule has 5 atom stereocenters. The van der Waals surface area contributed by atoms with E-state index in [1.807, 2.05) is 6.08 Å². The van der Waals surface area contributed by atoms with Gasteiger partial charge in [-0.1, -0.05) is 11.6 Å². The predicted octanol–water partition coefficient (Wildman–Crippen LogP) is 1.16. The summed E-state index contributed by atoms with van der Waals surface area (Å²) in [6.07, 6.45) is 5.08. The number of nitrogens with zero attached hydrogens (tertiary/aromatic N) is 3. The van der Waals surface area contributed by atoms with Crippen LogP contribution in [-0.4, -0.2) is 56.4 Å². The van der Waals surface area contributed by atoms with Crippen LogP contribution in [0, 0.1) is 33.8 Å². The van der Waals surface area contributed by atoms with Crippen LogP contribution >= 0.6 is 0 Å². The number of rotatable bonds is 7. The highest BCUT2D eigenvalue weighted by Crippen LogP contribution is 2.57. The number of primary amides is 1. The molecular formula is C21H24N4O7. The summed E-state index contributed by atoms with van der Waals surface area (Å²) in [7, 11) is 0. The van der Waals surface area contributed by atoms with E-state index in [0.717, 1.165) is 18.4 Å². The summed E-state index contributed by atoms with van der Waals surface area (Å²) >= 11 is 0. The average Bonchev–Trinajstić information content (AvgIpc) is 3.41. The number of hydrogen-bond acceptors (Lipinski definition) is 8. The van der Waals surface area contributed by atoms with Gasteiger partial charge < -0.3 is 15.3 Å². The highest BCUT2D eigenvalue weighted by Gasteiger charge is 2.66. The van der Waals surface area contributed by atoms with Gasteiger partial charge in [0.2, 0.25) is 11.8 Å². The maximum atomic E-state index is 13.1. The zero-order chi connectivity index (χ0) is 22.7. The molecule has 5 unspecified atom stereocenters. The zero-order valence-electron chi connectivity index (χ0n) is 17.3. The normalized spacial score (nSPS) is 31.7. The average molecular weight is 444 g/mol. The number of amides is 4. The molecule has 1 aromatic heterocycles. The Morgan fingerprint density at radius 3 is 2.53 bits per heavy atom. The number of fused-ring (bicyclic) bond motifs is 1. The van der Waals surface area contributed by atoms with Crippen molar-refractivity contribution in [3.63, 3.8) is 0 Å². The number of nitrogens with two attached hydrogens (primary N) is 1. The lowest BCUT2D eigenvalue weighted by Gasteiger charge is -2.55. The quantitative estimate of drug-likeness (QED) is 0.274. The van der Waals surface area contributed by atoms with Gasteiger partial charge in [0.05, 0.1) is 24.4 Å². The van der Waals surface area contributed by atoms with Crippen molar-refractivity contribution in [2.24, 2.45) is 29.4 Å². The van der Waals surface area contributed by atoms with E-state index < -0.39 is 40.6 Å².